The Hall–Kier alpha value is -3.06. The number of nitrogens with zero attached hydrogens (tertiary/aromatic N) is 4. The fourth-order valence-corrected chi connectivity index (χ4v) is 3.75. The van der Waals surface area contributed by atoms with E-state index in [0.29, 0.717) is 17.5 Å². The smallest absolute Gasteiger partial charge is 0.247 e. The largest absolute Gasteiger partial charge is 0.497 e. The highest BCUT2D eigenvalue weighted by Crippen LogP contribution is 2.27. The van der Waals surface area contributed by atoms with Crippen LogP contribution in [0, 0.1) is 13.8 Å². The maximum atomic E-state index is 5.81. The van der Waals surface area contributed by atoms with Crippen LogP contribution in [-0.2, 0) is 5.75 Å². The van der Waals surface area contributed by atoms with Crippen molar-refractivity contribution in [3.05, 3.63) is 71.9 Å². The average Bonchev–Trinajstić information content (AvgIpc) is 3.36. The number of methoxy groups -OCH3 is 1. The number of aryl methyl sites for hydroxylation is 2. The van der Waals surface area contributed by atoms with Crippen molar-refractivity contribution in [2.45, 2.75) is 24.8 Å². The molecular formula is C21H20N4O2S. The summed E-state index contributed by atoms with van der Waals surface area (Å²) in [7, 11) is 1.64. The monoisotopic (exact) mass is 392 g/mol. The van der Waals surface area contributed by atoms with Gasteiger partial charge >= 0.3 is 0 Å². The highest BCUT2D eigenvalue weighted by molar-refractivity contribution is 7.98. The molecule has 0 aliphatic carbocycles. The maximum Gasteiger partial charge on any atom is 0.247 e. The Bertz CT molecular complexity index is 1090. The summed E-state index contributed by atoms with van der Waals surface area (Å²) < 4.78 is 13.1. The van der Waals surface area contributed by atoms with E-state index in [0.717, 1.165) is 22.2 Å². The average molecular weight is 392 g/mol. The molecule has 0 spiro atoms. The number of imidazole rings is 1. The molecule has 4 aromatic rings. The standard InChI is InChI=1S/C21H20N4O2S/c1-14-4-9-18(15(2)12-14)25-11-10-22-21(25)28-13-19-23-24-20(27-19)16-5-7-17(26-3)8-6-16/h4-12H,13H2,1-3H3. The summed E-state index contributed by atoms with van der Waals surface area (Å²) in [6.45, 7) is 4.20. The van der Waals surface area contributed by atoms with Gasteiger partial charge in [-0.15, -0.1) is 10.2 Å². The van der Waals surface area contributed by atoms with Gasteiger partial charge in [0.25, 0.3) is 0 Å². The summed E-state index contributed by atoms with van der Waals surface area (Å²) in [5, 5.41) is 9.19. The van der Waals surface area contributed by atoms with E-state index in [-0.39, 0.29) is 0 Å². The zero-order chi connectivity index (χ0) is 19.5. The van der Waals surface area contributed by atoms with E-state index in [2.05, 4.69) is 51.8 Å². The lowest BCUT2D eigenvalue weighted by atomic mass is 10.1. The lowest BCUT2D eigenvalue weighted by molar-refractivity contribution is 0.415. The maximum absolute atomic E-state index is 5.81. The third-order valence-corrected chi connectivity index (χ3v) is 5.30. The van der Waals surface area contributed by atoms with Crippen molar-refractivity contribution >= 4 is 11.8 Å². The van der Waals surface area contributed by atoms with Crippen LogP contribution in [0.5, 0.6) is 5.75 Å². The first-order valence-corrected chi connectivity index (χ1v) is 9.83. The van der Waals surface area contributed by atoms with E-state index in [1.807, 2.05) is 30.5 Å². The number of hydrogen-bond acceptors (Lipinski definition) is 6. The Morgan fingerprint density at radius 1 is 1.07 bits per heavy atom. The second-order valence-corrected chi connectivity index (χ2v) is 7.33. The van der Waals surface area contributed by atoms with Gasteiger partial charge in [0, 0.05) is 18.0 Å². The van der Waals surface area contributed by atoms with Crippen LogP contribution in [0.15, 0.2) is 64.4 Å². The number of benzene rings is 2. The van der Waals surface area contributed by atoms with Crippen molar-refractivity contribution in [3.63, 3.8) is 0 Å². The number of hydrogen-bond donors (Lipinski definition) is 0. The van der Waals surface area contributed by atoms with E-state index < -0.39 is 0 Å². The van der Waals surface area contributed by atoms with Crippen LogP contribution in [0.25, 0.3) is 17.1 Å². The Labute approximate surface area is 167 Å². The molecule has 0 bridgehead atoms. The molecule has 0 radical (unpaired) electrons. The Morgan fingerprint density at radius 2 is 1.89 bits per heavy atom. The molecule has 0 saturated heterocycles. The molecule has 0 atom stereocenters. The fourth-order valence-electron chi connectivity index (χ4n) is 2.94. The molecule has 2 aromatic heterocycles. The quantitative estimate of drug-likeness (QED) is 0.438. The first kappa shape index (κ1) is 18.3. The van der Waals surface area contributed by atoms with Crippen LogP contribution >= 0.6 is 11.8 Å². The normalized spacial score (nSPS) is 11.0. The lowest BCUT2D eigenvalue weighted by Gasteiger charge is -2.10. The molecule has 0 N–H and O–H groups in total. The first-order valence-electron chi connectivity index (χ1n) is 8.84. The summed E-state index contributed by atoms with van der Waals surface area (Å²) in [6.07, 6.45) is 3.77. The van der Waals surface area contributed by atoms with E-state index >= 15 is 0 Å². The second kappa shape index (κ2) is 7.90. The Balaban J connectivity index is 1.49. The molecule has 0 aliphatic rings. The Morgan fingerprint density at radius 3 is 2.64 bits per heavy atom. The van der Waals surface area contributed by atoms with Crippen LogP contribution < -0.4 is 4.74 Å². The number of aromatic nitrogens is 4. The highest BCUT2D eigenvalue weighted by atomic mass is 32.2. The molecule has 142 valence electrons. The van der Waals surface area contributed by atoms with Crippen molar-refractivity contribution in [2.75, 3.05) is 7.11 Å². The molecule has 2 aromatic carbocycles. The number of ether oxygens (including phenoxy) is 1. The summed E-state index contributed by atoms with van der Waals surface area (Å²) in [5.41, 5.74) is 4.43. The lowest BCUT2D eigenvalue weighted by Crippen LogP contribution is -1.98. The molecule has 6 nitrogen and oxygen atoms in total. The number of thioether (sulfide) groups is 1. The van der Waals surface area contributed by atoms with Gasteiger partial charge in [0.05, 0.1) is 18.6 Å². The van der Waals surface area contributed by atoms with E-state index in [4.69, 9.17) is 9.15 Å². The van der Waals surface area contributed by atoms with Crippen molar-refractivity contribution < 1.29 is 9.15 Å². The van der Waals surface area contributed by atoms with Gasteiger partial charge in [-0.3, -0.25) is 4.57 Å². The van der Waals surface area contributed by atoms with Crippen LogP contribution in [0.3, 0.4) is 0 Å². The van der Waals surface area contributed by atoms with Crippen LogP contribution in [0.2, 0.25) is 0 Å². The first-order chi connectivity index (χ1) is 13.6. The van der Waals surface area contributed by atoms with E-state index in [1.54, 1.807) is 25.1 Å². The summed E-state index contributed by atoms with van der Waals surface area (Å²) in [6, 6.07) is 13.9. The zero-order valence-electron chi connectivity index (χ0n) is 15.9. The van der Waals surface area contributed by atoms with Crippen molar-refractivity contribution in [2.24, 2.45) is 0 Å². The van der Waals surface area contributed by atoms with Gasteiger partial charge in [-0.05, 0) is 49.7 Å². The van der Waals surface area contributed by atoms with Gasteiger partial charge in [-0.2, -0.15) is 0 Å². The van der Waals surface area contributed by atoms with Crippen molar-refractivity contribution in [3.8, 4) is 22.9 Å². The molecule has 28 heavy (non-hydrogen) atoms. The van der Waals surface area contributed by atoms with E-state index in [9.17, 15) is 0 Å². The topological polar surface area (TPSA) is 66.0 Å². The molecule has 0 fully saturated rings. The molecule has 7 heteroatoms. The van der Waals surface area contributed by atoms with Gasteiger partial charge in [0.1, 0.15) is 5.75 Å². The third-order valence-electron chi connectivity index (χ3n) is 4.35. The predicted octanol–water partition coefficient (Wildman–Crippen LogP) is 4.84. The van der Waals surface area contributed by atoms with Crippen LogP contribution in [0.1, 0.15) is 17.0 Å². The van der Waals surface area contributed by atoms with Crippen LogP contribution in [-0.4, -0.2) is 26.9 Å². The van der Waals surface area contributed by atoms with Crippen molar-refractivity contribution in [1.29, 1.82) is 0 Å². The summed E-state index contributed by atoms with van der Waals surface area (Å²) in [4.78, 5) is 4.48. The predicted molar refractivity (Wildman–Crippen MR) is 109 cm³/mol. The van der Waals surface area contributed by atoms with Gasteiger partial charge in [0.2, 0.25) is 11.8 Å². The molecule has 0 amide bonds. The van der Waals surface area contributed by atoms with Gasteiger partial charge in [-0.1, -0.05) is 29.5 Å². The molecule has 4 rings (SSSR count). The number of rotatable bonds is 6. The van der Waals surface area contributed by atoms with Crippen LogP contribution in [0.4, 0.5) is 0 Å². The van der Waals surface area contributed by atoms with Gasteiger partial charge in [0.15, 0.2) is 5.16 Å². The third kappa shape index (κ3) is 3.80. The minimum atomic E-state index is 0.496. The molecular weight excluding hydrogens is 372 g/mol. The van der Waals surface area contributed by atoms with Gasteiger partial charge in [-0.25, -0.2) is 4.98 Å². The second-order valence-electron chi connectivity index (χ2n) is 6.39. The minimum absolute atomic E-state index is 0.496. The molecule has 0 unspecified atom stereocenters. The molecule has 0 saturated carbocycles. The van der Waals surface area contributed by atoms with Crippen molar-refractivity contribution in [1.82, 2.24) is 19.7 Å². The summed E-state index contributed by atoms with van der Waals surface area (Å²) in [5.74, 6) is 2.39. The fraction of sp³-hybridized carbons (Fsp3) is 0.190. The SMILES string of the molecule is COc1ccc(-c2nnc(CSc3nccn3-c3ccc(C)cc3C)o2)cc1. The highest BCUT2D eigenvalue weighted by Gasteiger charge is 2.13. The molecule has 2 heterocycles. The summed E-state index contributed by atoms with van der Waals surface area (Å²) >= 11 is 1.56. The Kier molecular flexibility index (Phi) is 5.16. The van der Waals surface area contributed by atoms with Gasteiger partial charge < -0.3 is 9.15 Å². The minimum Gasteiger partial charge on any atom is -0.497 e. The van der Waals surface area contributed by atoms with E-state index in [1.165, 1.54) is 11.1 Å². The zero-order valence-corrected chi connectivity index (χ0v) is 16.7. The molecule has 0 aliphatic heterocycles.